The van der Waals surface area contributed by atoms with Gasteiger partial charge in [0.15, 0.2) is 5.84 Å². The summed E-state index contributed by atoms with van der Waals surface area (Å²) in [5, 5.41) is 5.91. The summed E-state index contributed by atoms with van der Waals surface area (Å²) in [6, 6.07) is 5.23. The number of hydrogen-bond donors (Lipinski definition) is 1. The molecule has 0 aromatic heterocycles. The summed E-state index contributed by atoms with van der Waals surface area (Å²) in [5.41, 5.74) is -0.217. The van der Waals surface area contributed by atoms with Crippen LogP contribution in [0.25, 0.3) is 0 Å². The lowest BCUT2D eigenvalue weighted by Gasteiger charge is -2.28. The van der Waals surface area contributed by atoms with E-state index in [1.807, 2.05) is 0 Å². The Balaban J connectivity index is 1.65. The third-order valence-electron chi connectivity index (χ3n) is 4.28. The van der Waals surface area contributed by atoms with Crippen LogP contribution < -0.4 is 9.91 Å². The van der Waals surface area contributed by atoms with Crippen molar-refractivity contribution in [2.24, 2.45) is 10.1 Å². The molecule has 0 aliphatic carbocycles. The molecule has 0 radical (unpaired) electrons. The quantitative estimate of drug-likeness (QED) is 0.646. The molecule has 2 heterocycles. The predicted molar refractivity (Wildman–Crippen MR) is 87.5 cm³/mol. The van der Waals surface area contributed by atoms with Crippen molar-refractivity contribution in [2.75, 3.05) is 44.8 Å². The molecule has 0 atom stereocenters. The van der Waals surface area contributed by atoms with Crippen LogP contribution in [0.1, 0.15) is 12.0 Å². The first kappa shape index (κ1) is 16.8. The fraction of sp³-hybridized carbons (Fsp3) is 0.500. The largest absolute Gasteiger partial charge is 0.416 e. The minimum Gasteiger partial charge on any atom is -0.351 e. The molecule has 1 N–H and O–H groups in total. The van der Waals surface area contributed by atoms with Gasteiger partial charge in [-0.05, 0) is 18.2 Å². The summed E-state index contributed by atoms with van der Waals surface area (Å²) in [6.45, 7) is 4.62. The monoisotopic (exact) mass is 340 g/mol. The van der Waals surface area contributed by atoms with Crippen LogP contribution in [0, 0.1) is 0 Å². The second kappa shape index (κ2) is 6.80. The number of rotatable bonds is 2. The van der Waals surface area contributed by atoms with Crippen molar-refractivity contribution in [3.8, 4) is 0 Å². The smallest absolute Gasteiger partial charge is 0.351 e. The molecule has 3 rings (SSSR count). The first-order chi connectivity index (χ1) is 11.4. The molecule has 0 saturated carbocycles. The fourth-order valence-electron chi connectivity index (χ4n) is 2.73. The number of anilines is 1. The summed E-state index contributed by atoms with van der Waals surface area (Å²) < 4.78 is 38.4. The number of nitrogens with one attached hydrogen (secondary N) is 1. The molecule has 5 nitrogen and oxygen atoms in total. The molecule has 0 bridgehead atoms. The van der Waals surface area contributed by atoms with Gasteiger partial charge in [0, 0.05) is 13.0 Å². The summed E-state index contributed by atoms with van der Waals surface area (Å²) in [6.07, 6.45) is -1.91. The van der Waals surface area contributed by atoms with Gasteiger partial charge in [-0.1, -0.05) is 6.07 Å². The van der Waals surface area contributed by atoms with Gasteiger partial charge in [-0.15, -0.1) is 0 Å². The van der Waals surface area contributed by atoms with Crippen LogP contribution in [-0.2, 0) is 6.18 Å². The van der Waals surface area contributed by atoms with E-state index in [1.54, 1.807) is 17.4 Å². The number of aliphatic imine (C=N–C) groups is 1. The molecular weight excluding hydrogens is 319 g/mol. The lowest BCUT2D eigenvalue weighted by molar-refractivity contribution is -0.883. The zero-order valence-corrected chi connectivity index (χ0v) is 13.6. The van der Waals surface area contributed by atoms with E-state index in [4.69, 9.17) is 0 Å². The van der Waals surface area contributed by atoms with Crippen LogP contribution in [0.5, 0.6) is 0 Å². The van der Waals surface area contributed by atoms with Crippen molar-refractivity contribution in [3.05, 3.63) is 29.8 Å². The van der Waals surface area contributed by atoms with Crippen molar-refractivity contribution in [3.63, 3.8) is 0 Å². The Kier molecular flexibility index (Phi) is 4.75. The van der Waals surface area contributed by atoms with E-state index in [0.717, 1.165) is 38.3 Å². The molecule has 130 valence electrons. The van der Waals surface area contributed by atoms with E-state index in [0.29, 0.717) is 24.5 Å². The van der Waals surface area contributed by atoms with Gasteiger partial charge in [-0.3, -0.25) is 5.01 Å². The predicted octanol–water partition coefficient (Wildman–Crippen LogP) is 1.09. The molecule has 0 unspecified atom stereocenters. The Morgan fingerprint density at radius 1 is 1.21 bits per heavy atom. The van der Waals surface area contributed by atoms with Crippen molar-refractivity contribution < 1.29 is 18.1 Å². The van der Waals surface area contributed by atoms with E-state index in [2.05, 4.69) is 22.0 Å². The molecular formula is C16H21F3N5+. The zero-order valence-electron chi connectivity index (χ0n) is 13.6. The second-order valence-electron chi connectivity index (χ2n) is 6.18. The number of quaternary nitrogens is 1. The first-order valence-electron chi connectivity index (χ1n) is 8.03. The zero-order chi connectivity index (χ0) is 17.2. The molecule has 2 aliphatic heterocycles. The van der Waals surface area contributed by atoms with Gasteiger partial charge in [-0.2, -0.15) is 18.3 Å². The van der Waals surface area contributed by atoms with E-state index in [-0.39, 0.29) is 0 Å². The Morgan fingerprint density at radius 2 is 1.96 bits per heavy atom. The highest BCUT2D eigenvalue weighted by molar-refractivity contribution is 5.91. The molecule has 1 saturated heterocycles. The third kappa shape index (κ3) is 4.05. The van der Waals surface area contributed by atoms with Gasteiger partial charge >= 0.3 is 6.18 Å². The lowest BCUT2D eigenvalue weighted by atomic mass is 10.2. The van der Waals surface area contributed by atoms with Crippen molar-refractivity contribution in [1.29, 1.82) is 0 Å². The van der Waals surface area contributed by atoms with Crippen LogP contribution in [0.4, 0.5) is 18.9 Å². The number of likely N-dealkylation sites (N-methyl/N-ethyl adjacent to an activating group) is 1. The van der Waals surface area contributed by atoms with E-state index in [9.17, 15) is 13.2 Å². The minimum atomic E-state index is -4.34. The fourth-order valence-corrected chi connectivity index (χ4v) is 2.73. The number of halogens is 3. The maximum absolute atomic E-state index is 12.8. The van der Waals surface area contributed by atoms with Crippen molar-refractivity contribution in [2.45, 2.75) is 12.6 Å². The number of piperazine rings is 1. The van der Waals surface area contributed by atoms with Crippen LogP contribution in [0.2, 0.25) is 0 Å². The topological polar surface area (TPSA) is 35.6 Å². The maximum Gasteiger partial charge on any atom is 0.416 e. The van der Waals surface area contributed by atoms with E-state index < -0.39 is 11.7 Å². The van der Waals surface area contributed by atoms with Gasteiger partial charge in [0.25, 0.3) is 0 Å². The number of benzene rings is 1. The SMILES string of the molecule is C[NH+]1CCN(C=NC2=NN(c3cccc(C(F)(F)F)c3)CC2)CC1. The number of nitrogens with zero attached hydrogens (tertiary/aromatic N) is 4. The van der Waals surface area contributed by atoms with Crippen molar-refractivity contribution >= 4 is 17.9 Å². The third-order valence-corrected chi connectivity index (χ3v) is 4.28. The van der Waals surface area contributed by atoms with Crippen molar-refractivity contribution in [1.82, 2.24) is 4.90 Å². The Morgan fingerprint density at radius 3 is 2.67 bits per heavy atom. The van der Waals surface area contributed by atoms with Crippen LogP contribution in [-0.4, -0.2) is 56.8 Å². The average Bonchev–Trinajstić information content (AvgIpc) is 3.03. The molecule has 24 heavy (non-hydrogen) atoms. The summed E-state index contributed by atoms with van der Waals surface area (Å²) in [7, 11) is 2.17. The minimum absolute atomic E-state index is 0.443. The molecule has 0 amide bonds. The second-order valence-corrected chi connectivity index (χ2v) is 6.18. The molecule has 8 heteroatoms. The van der Waals surface area contributed by atoms with Gasteiger partial charge in [0.1, 0.15) is 0 Å². The van der Waals surface area contributed by atoms with E-state index >= 15 is 0 Å². The lowest BCUT2D eigenvalue weighted by Crippen LogP contribution is -3.11. The summed E-state index contributed by atoms with van der Waals surface area (Å²) in [4.78, 5) is 8.06. The maximum atomic E-state index is 12.8. The van der Waals surface area contributed by atoms with Gasteiger partial charge < -0.3 is 9.80 Å². The Labute approximate surface area is 139 Å². The van der Waals surface area contributed by atoms with Gasteiger partial charge in [0.05, 0.1) is 50.8 Å². The van der Waals surface area contributed by atoms with Crippen LogP contribution in [0.15, 0.2) is 34.4 Å². The Bertz CT molecular complexity index is 633. The molecule has 1 aromatic carbocycles. The average molecular weight is 340 g/mol. The number of hydrazone groups is 1. The molecule has 2 aliphatic rings. The highest BCUT2D eigenvalue weighted by Crippen LogP contribution is 2.32. The molecule has 0 spiro atoms. The van der Waals surface area contributed by atoms with E-state index in [1.165, 1.54) is 11.0 Å². The first-order valence-corrected chi connectivity index (χ1v) is 8.03. The summed E-state index contributed by atoms with van der Waals surface area (Å²) >= 11 is 0. The van der Waals surface area contributed by atoms with Gasteiger partial charge in [-0.25, -0.2) is 4.99 Å². The highest BCUT2D eigenvalue weighted by atomic mass is 19.4. The highest BCUT2D eigenvalue weighted by Gasteiger charge is 2.31. The Hall–Kier alpha value is -2.09. The summed E-state index contributed by atoms with van der Waals surface area (Å²) in [5.74, 6) is 0.652. The standard InChI is InChI=1S/C16H20F3N5/c1-22-7-9-23(10-8-22)12-20-15-5-6-24(21-15)14-4-2-3-13(11-14)16(17,18)19/h2-4,11-12H,5-10H2,1H3/p+1. The van der Waals surface area contributed by atoms with Gasteiger partial charge in [0.2, 0.25) is 0 Å². The number of hydrogen-bond acceptors (Lipinski definition) is 3. The molecule has 1 fully saturated rings. The molecule has 1 aromatic rings. The van der Waals surface area contributed by atoms with Crippen LogP contribution >= 0.6 is 0 Å². The number of alkyl halides is 3. The normalized spacial score (nSPS) is 20.1. The number of amidine groups is 1. The van der Waals surface area contributed by atoms with Crippen LogP contribution in [0.3, 0.4) is 0 Å².